The molecule has 108 valence electrons. The Morgan fingerprint density at radius 3 is 2.47 bits per heavy atom. The van der Waals surface area contributed by atoms with Gasteiger partial charge in [-0.25, -0.2) is 8.42 Å². The molecular formula is C14H22ClNO2S. The van der Waals surface area contributed by atoms with E-state index in [1.807, 2.05) is 45.0 Å². The summed E-state index contributed by atoms with van der Waals surface area (Å²) in [6.45, 7) is 6.62. The Balaban J connectivity index is 2.87. The van der Waals surface area contributed by atoms with Gasteiger partial charge in [-0.15, -0.1) is 11.6 Å². The highest BCUT2D eigenvalue weighted by atomic mass is 35.5. The number of sulfonamides is 1. The molecule has 0 saturated heterocycles. The van der Waals surface area contributed by atoms with Gasteiger partial charge in [0.25, 0.3) is 0 Å². The SMILES string of the molecule is CCN(Cc1ccccc1C)S(=O)(=O)CC(C)CCl. The van der Waals surface area contributed by atoms with Crippen molar-refractivity contribution in [1.29, 1.82) is 0 Å². The molecule has 3 nitrogen and oxygen atoms in total. The van der Waals surface area contributed by atoms with E-state index in [1.54, 1.807) is 0 Å². The molecular weight excluding hydrogens is 282 g/mol. The second-order valence-electron chi connectivity index (χ2n) is 4.89. The zero-order valence-electron chi connectivity index (χ0n) is 11.8. The number of alkyl halides is 1. The molecule has 1 rings (SSSR count). The lowest BCUT2D eigenvalue weighted by atomic mass is 10.1. The number of hydrogen-bond donors (Lipinski definition) is 0. The highest BCUT2D eigenvalue weighted by molar-refractivity contribution is 7.89. The van der Waals surface area contributed by atoms with Gasteiger partial charge in [0.2, 0.25) is 10.0 Å². The summed E-state index contributed by atoms with van der Waals surface area (Å²) in [4.78, 5) is 0. The zero-order chi connectivity index (χ0) is 14.5. The van der Waals surface area contributed by atoms with Gasteiger partial charge in [-0.05, 0) is 24.0 Å². The van der Waals surface area contributed by atoms with Crippen LogP contribution in [0.1, 0.15) is 25.0 Å². The third kappa shape index (κ3) is 4.79. The van der Waals surface area contributed by atoms with Crippen molar-refractivity contribution in [3.8, 4) is 0 Å². The van der Waals surface area contributed by atoms with Crippen molar-refractivity contribution >= 4 is 21.6 Å². The average molecular weight is 304 g/mol. The molecule has 0 N–H and O–H groups in total. The van der Waals surface area contributed by atoms with Gasteiger partial charge in [0.05, 0.1) is 5.75 Å². The first kappa shape index (κ1) is 16.5. The molecule has 0 saturated carbocycles. The molecule has 19 heavy (non-hydrogen) atoms. The number of halogens is 1. The van der Waals surface area contributed by atoms with Crippen LogP contribution in [0, 0.1) is 12.8 Å². The number of hydrogen-bond acceptors (Lipinski definition) is 2. The standard InChI is InChI=1S/C14H22ClNO2S/c1-4-16(19(17,18)11-12(2)9-15)10-14-8-6-5-7-13(14)3/h5-8,12H,4,9-11H2,1-3H3. The van der Waals surface area contributed by atoms with E-state index in [0.717, 1.165) is 11.1 Å². The Morgan fingerprint density at radius 1 is 1.32 bits per heavy atom. The number of rotatable bonds is 7. The Morgan fingerprint density at radius 2 is 1.95 bits per heavy atom. The maximum atomic E-state index is 12.3. The Bertz CT molecular complexity index is 502. The number of aryl methyl sites for hydroxylation is 1. The smallest absolute Gasteiger partial charge is 0.212 e. The Kier molecular flexibility index (Phi) is 6.30. The van der Waals surface area contributed by atoms with Gasteiger partial charge in [-0.1, -0.05) is 38.1 Å². The van der Waals surface area contributed by atoms with Crippen LogP contribution in [0.3, 0.4) is 0 Å². The minimum absolute atomic E-state index is 0.0300. The largest absolute Gasteiger partial charge is 0.214 e. The van der Waals surface area contributed by atoms with Crippen molar-refractivity contribution in [2.75, 3.05) is 18.2 Å². The van der Waals surface area contributed by atoms with E-state index in [9.17, 15) is 8.42 Å². The molecule has 1 aromatic carbocycles. The fraction of sp³-hybridized carbons (Fsp3) is 0.571. The summed E-state index contributed by atoms with van der Waals surface area (Å²) in [7, 11) is -3.25. The summed E-state index contributed by atoms with van der Waals surface area (Å²) < 4.78 is 26.2. The summed E-state index contributed by atoms with van der Waals surface area (Å²) >= 11 is 5.71. The van der Waals surface area contributed by atoms with Crippen molar-refractivity contribution in [3.05, 3.63) is 35.4 Å². The van der Waals surface area contributed by atoms with Gasteiger partial charge in [0.1, 0.15) is 0 Å². The highest BCUT2D eigenvalue weighted by Gasteiger charge is 2.23. The molecule has 0 aliphatic carbocycles. The van der Waals surface area contributed by atoms with Crippen molar-refractivity contribution < 1.29 is 8.42 Å². The van der Waals surface area contributed by atoms with E-state index in [0.29, 0.717) is 19.0 Å². The van der Waals surface area contributed by atoms with Crippen LogP contribution in [0.5, 0.6) is 0 Å². The van der Waals surface area contributed by atoms with Gasteiger partial charge < -0.3 is 0 Å². The second kappa shape index (κ2) is 7.27. The molecule has 0 fully saturated rings. The van der Waals surface area contributed by atoms with Crippen LogP contribution < -0.4 is 0 Å². The molecule has 0 aliphatic heterocycles. The lowest BCUT2D eigenvalue weighted by Gasteiger charge is -2.22. The topological polar surface area (TPSA) is 37.4 Å². The molecule has 0 radical (unpaired) electrons. The van der Waals surface area contributed by atoms with E-state index in [4.69, 9.17) is 11.6 Å². The predicted octanol–water partition coefficient (Wildman–Crippen LogP) is 3.02. The summed E-state index contributed by atoms with van der Waals surface area (Å²) in [6, 6.07) is 7.86. The van der Waals surface area contributed by atoms with Crippen LogP contribution in [0.2, 0.25) is 0 Å². The Hall–Kier alpha value is -0.580. The summed E-state index contributed by atoms with van der Waals surface area (Å²) in [5.74, 6) is 0.440. The maximum Gasteiger partial charge on any atom is 0.214 e. The summed E-state index contributed by atoms with van der Waals surface area (Å²) in [6.07, 6.45) is 0. The van der Waals surface area contributed by atoms with Crippen LogP contribution in [0.15, 0.2) is 24.3 Å². The van der Waals surface area contributed by atoms with Crippen molar-refractivity contribution in [3.63, 3.8) is 0 Å². The fourth-order valence-corrected chi connectivity index (χ4v) is 3.91. The molecule has 0 heterocycles. The van der Waals surface area contributed by atoms with Crippen molar-refractivity contribution in [2.45, 2.75) is 27.3 Å². The van der Waals surface area contributed by atoms with Gasteiger partial charge >= 0.3 is 0 Å². The molecule has 0 bridgehead atoms. The normalized spacial score (nSPS) is 13.7. The molecule has 0 amide bonds. The lowest BCUT2D eigenvalue weighted by Crippen LogP contribution is -2.34. The zero-order valence-corrected chi connectivity index (χ0v) is 13.3. The quantitative estimate of drug-likeness (QED) is 0.726. The first-order valence-electron chi connectivity index (χ1n) is 6.49. The van der Waals surface area contributed by atoms with Gasteiger partial charge in [0.15, 0.2) is 0 Å². The van der Waals surface area contributed by atoms with Crippen molar-refractivity contribution in [1.82, 2.24) is 4.31 Å². The van der Waals surface area contributed by atoms with Crippen LogP contribution in [-0.2, 0) is 16.6 Å². The minimum atomic E-state index is -3.25. The van der Waals surface area contributed by atoms with E-state index < -0.39 is 10.0 Å². The molecule has 1 atom stereocenters. The maximum absolute atomic E-state index is 12.3. The second-order valence-corrected chi connectivity index (χ2v) is 7.21. The van der Waals surface area contributed by atoms with Crippen LogP contribution in [-0.4, -0.2) is 30.9 Å². The molecule has 0 aromatic heterocycles. The van der Waals surface area contributed by atoms with E-state index >= 15 is 0 Å². The van der Waals surface area contributed by atoms with E-state index in [1.165, 1.54) is 4.31 Å². The van der Waals surface area contributed by atoms with Crippen LogP contribution in [0.4, 0.5) is 0 Å². The Labute approximate surface area is 121 Å². The first-order chi connectivity index (χ1) is 8.90. The van der Waals surface area contributed by atoms with Crippen LogP contribution in [0.25, 0.3) is 0 Å². The van der Waals surface area contributed by atoms with E-state index in [2.05, 4.69) is 0 Å². The molecule has 0 aliphatic rings. The fourth-order valence-electron chi connectivity index (χ4n) is 1.89. The van der Waals surface area contributed by atoms with Gasteiger partial charge in [0, 0.05) is 19.0 Å². The van der Waals surface area contributed by atoms with Crippen LogP contribution >= 0.6 is 11.6 Å². The van der Waals surface area contributed by atoms with Gasteiger partial charge in [-0.3, -0.25) is 0 Å². The highest BCUT2D eigenvalue weighted by Crippen LogP contribution is 2.15. The minimum Gasteiger partial charge on any atom is -0.212 e. The predicted molar refractivity (Wildman–Crippen MR) is 80.9 cm³/mol. The molecule has 1 unspecified atom stereocenters. The molecule has 0 spiro atoms. The molecule has 1 aromatic rings. The molecule has 5 heteroatoms. The van der Waals surface area contributed by atoms with Gasteiger partial charge in [-0.2, -0.15) is 4.31 Å². The average Bonchev–Trinajstić information content (AvgIpc) is 2.36. The lowest BCUT2D eigenvalue weighted by molar-refractivity contribution is 0.418. The summed E-state index contributed by atoms with van der Waals surface area (Å²) in [5, 5.41) is 0. The third-order valence-corrected chi connectivity index (χ3v) is 5.80. The monoisotopic (exact) mass is 303 g/mol. The first-order valence-corrected chi connectivity index (χ1v) is 8.63. The third-order valence-electron chi connectivity index (χ3n) is 3.11. The van der Waals surface area contributed by atoms with Crippen molar-refractivity contribution in [2.24, 2.45) is 5.92 Å². The number of benzene rings is 1. The summed E-state index contributed by atoms with van der Waals surface area (Å²) in [5.41, 5.74) is 2.16. The number of nitrogens with zero attached hydrogens (tertiary/aromatic N) is 1. The van der Waals surface area contributed by atoms with E-state index in [-0.39, 0.29) is 11.7 Å².